The van der Waals surface area contributed by atoms with Crippen molar-refractivity contribution in [2.75, 3.05) is 6.61 Å². The zero-order valence-electron chi connectivity index (χ0n) is 11.9. The van der Waals surface area contributed by atoms with E-state index in [-0.39, 0.29) is 5.92 Å². The number of benzene rings is 1. The molecule has 0 heterocycles. The Balaban J connectivity index is 3.12. The number of rotatable bonds is 6. The predicted octanol–water partition coefficient (Wildman–Crippen LogP) is 3.83. The quantitative estimate of drug-likeness (QED) is 0.852. The Morgan fingerprint density at radius 1 is 1.16 bits per heavy atom. The normalized spacial score (nSPS) is 16.5. The summed E-state index contributed by atoms with van der Waals surface area (Å²) >= 11 is 0. The molecule has 1 aromatic carbocycles. The van der Waals surface area contributed by atoms with Crippen LogP contribution >= 0.6 is 0 Å². The highest BCUT2D eigenvalue weighted by Gasteiger charge is 2.43. The van der Waals surface area contributed by atoms with E-state index in [4.69, 9.17) is 4.74 Å². The van der Waals surface area contributed by atoms with Crippen molar-refractivity contribution in [3.05, 3.63) is 29.8 Å². The molecule has 0 bridgehead atoms. The van der Waals surface area contributed by atoms with Gasteiger partial charge in [-0.15, -0.1) is 0 Å². The zero-order valence-corrected chi connectivity index (χ0v) is 11.9. The standard InChI is InChI=1S/C15H22F2O2/c1-5-19-13-8-6-12(7-9-13)15(18,10(2)3)11(4)14(16)17/h6-11,14,18H,5H2,1-4H3. The molecule has 0 saturated heterocycles. The lowest BCUT2D eigenvalue weighted by molar-refractivity contribution is -0.112. The van der Waals surface area contributed by atoms with Gasteiger partial charge in [0.05, 0.1) is 18.1 Å². The van der Waals surface area contributed by atoms with E-state index in [1.54, 1.807) is 38.1 Å². The first-order valence-corrected chi connectivity index (χ1v) is 6.57. The maximum atomic E-state index is 13.0. The monoisotopic (exact) mass is 272 g/mol. The topological polar surface area (TPSA) is 29.5 Å². The smallest absolute Gasteiger partial charge is 0.244 e. The molecule has 2 atom stereocenters. The summed E-state index contributed by atoms with van der Waals surface area (Å²) in [6.07, 6.45) is -2.57. The molecule has 0 aliphatic rings. The second-order valence-electron chi connectivity index (χ2n) is 5.06. The number of aliphatic hydroxyl groups is 1. The highest BCUT2D eigenvalue weighted by Crippen LogP contribution is 2.40. The molecule has 108 valence electrons. The molecule has 0 fully saturated rings. The summed E-state index contributed by atoms with van der Waals surface area (Å²) in [6, 6.07) is 6.71. The third-order valence-electron chi connectivity index (χ3n) is 3.58. The largest absolute Gasteiger partial charge is 0.494 e. The number of hydrogen-bond donors (Lipinski definition) is 1. The average molecular weight is 272 g/mol. The van der Waals surface area contributed by atoms with Crippen molar-refractivity contribution in [2.24, 2.45) is 11.8 Å². The minimum Gasteiger partial charge on any atom is -0.494 e. The first-order chi connectivity index (χ1) is 8.83. The van der Waals surface area contributed by atoms with Gasteiger partial charge in [0.15, 0.2) is 0 Å². The second-order valence-corrected chi connectivity index (χ2v) is 5.06. The molecule has 0 aromatic heterocycles. The van der Waals surface area contributed by atoms with E-state index in [1.165, 1.54) is 6.92 Å². The van der Waals surface area contributed by atoms with Crippen molar-refractivity contribution in [1.29, 1.82) is 0 Å². The van der Waals surface area contributed by atoms with E-state index in [0.717, 1.165) is 0 Å². The van der Waals surface area contributed by atoms with E-state index in [1.807, 2.05) is 6.92 Å². The van der Waals surface area contributed by atoms with Crippen LogP contribution in [0.1, 0.15) is 33.3 Å². The molecule has 0 aliphatic carbocycles. The Bertz CT molecular complexity index is 390. The minimum absolute atomic E-state index is 0.311. The first-order valence-electron chi connectivity index (χ1n) is 6.57. The fourth-order valence-electron chi connectivity index (χ4n) is 2.30. The Morgan fingerprint density at radius 2 is 1.68 bits per heavy atom. The molecule has 2 nitrogen and oxygen atoms in total. The lowest BCUT2D eigenvalue weighted by Crippen LogP contribution is -2.42. The summed E-state index contributed by atoms with van der Waals surface area (Å²) in [5.41, 5.74) is -1.04. The maximum Gasteiger partial charge on any atom is 0.244 e. The highest BCUT2D eigenvalue weighted by atomic mass is 19.3. The van der Waals surface area contributed by atoms with Gasteiger partial charge in [-0.1, -0.05) is 32.9 Å². The summed E-state index contributed by atoms with van der Waals surface area (Å²) in [5, 5.41) is 10.7. The molecule has 0 aliphatic heterocycles. The van der Waals surface area contributed by atoms with Gasteiger partial charge in [0, 0.05) is 0 Å². The molecule has 19 heavy (non-hydrogen) atoms. The predicted molar refractivity (Wildman–Crippen MR) is 71.5 cm³/mol. The Morgan fingerprint density at radius 3 is 2.05 bits per heavy atom. The van der Waals surface area contributed by atoms with E-state index in [2.05, 4.69) is 0 Å². The summed E-state index contributed by atoms with van der Waals surface area (Å²) in [4.78, 5) is 0. The molecule has 0 amide bonds. The molecule has 1 N–H and O–H groups in total. The van der Waals surface area contributed by atoms with Crippen LogP contribution in [-0.2, 0) is 5.60 Å². The van der Waals surface area contributed by atoms with Crippen LogP contribution in [0.4, 0.5) is 8.78 Å². The van der Waals surface area contributed by atoms with Gasteiger partial charge in [-0.25, -0.2) is 8.78 Å². The summed E-state index contributed by atoms with van der Waals surface area (Å²) in [7, 11) is 0. The van der Waals surface area contributed by atoms with Crippen LogP contribution in [0.5, 0.6) is 5.75 Å². The van der Waals surface area contributed by atoms with Gasteiger partial charge in [0.1, 0.15) is 5.75 Å². The number of ether oxygens (including phenoxy) is 1. The molecular weight excluding hydrogens is 250 g/mol. The van der Waals surface area contributed by atoms with Crippen molar-refractivity contribution in [2.45, 2.75) is 39.7 Å². The van der Waals surface area contributed by atoms with Crippen molar-refractivity contribution in [3.63, 3.8) is 0 Å². The van der Waals surface area contributed by atoms with E-state index in [9.17, 15) is 13.9 Å². The molecule has 0 radical (unpaired) electrons. The van der Waals surface area contributed by atoms with E-state index in [0.29, 0.717) is 17.9 Å². The van der Waals surface area contributed by atoms with Crippen LogP contribution in [0.25, 0.3) is 0 Å². The Kier molecular flexibility index (Phi) is 5.29. The fourth-order valence-corrected chi connectivity index (χ4v) is 2.30. The van der Waals surface area contributed by atoms with Crippen LogP contribution in [0.3, 0.4) is 0 Å². The van der Waals surface area contributed by atoms with Gasteiger partial charge in [0.25, 0.3) is 0 Å². The maximum absolute atomic E-state index is 13.0. The van der Waals surface area contributed by atoms with Gasteiger partial charge < -0.3 is 9.84 Å². The average Bonchev–Trinajstić information content (AvgIpc) is 2.37. The van der Waals surface area contributed by atoms with Crippen LogP contribution < -0.4 is 4.74 Å². The Labute approximate surface area is 113 Å². The zero-order chi connectivity index (χ0) is 14.6. The molecule has 1 rings (SSSR count). The van der Waals surface area contributed by atoms with Crippen molar-refractivity contribution in [3.8, 4) is 5.75 Å². The van der Waals surface area contributed by atoms with Gasteiger partial charge in [-0.05, 0) is 30.5 Å². The third kappa shape index (κ3) is 3.24. The number of hydrogen-bond acceptors (Lipinski definition) is 2. The molecule has 0 spiro atoms. The summed E-state index contributed by atoms with van der Waals surface area (Å²) < 4.78 is 31.3. The third-order valence-corrected chi connectivity index (χ3v) is 3.58. The second kappa shape index (κ2) is 6.33. The van der Waals surface area contributed by atoms with E-state index >= 15 is 0 Å². The van der Waals surface area contributed by atoms with E-state index < -0.39 is 17.9 Å². The summed E-state index contributed by atoms with van der Waals surface area (Å²) in [6.45, 7) is 7.28. The SMILES string of the molecule is CCOc1ccc(C(O)(C(C)C)C(C)C(F)F)cc1. The molecule has 1 aromatic rings. The van der Waals surface area contributed by atoms with Crippen molar-refractivity contribution >= 4 is 0 Å². The van der Waals surface area contributed by atoms with Crippen LogP contribution in [0.2, 0.25) is 0 Å². The molecule has 2 unspecified atom stereocenters. The molecule has 4 heteroatoms. The number of alkyl halides is 2. The fraction of sp³-hybridized carbons (Fsp3) is 0.600. The minimum atomic E-state index is -2.57. The first kappa shape index (κ1) is 15.9. The van der Waals surface area contributed by atoms with Gasteiger partial charge in [-0.3, -0.25) is 0 Å². The van der Waals surface area contributed by atoms with Gasteiger partial charge in [0.2, 0.25) is 6.43 Å². The van der Waals surface area contributed by atoms with Crippen LogP contribution in [0, 0.1) is 11.8 Å². The van der Waals surface area contributed by atoms with Crippen molar-refractivity contribution < 1.29 is 18.6 Å². The lowest BCUT2D eigenvalue weighted by atomic mass is 9.74. The lowest BCUT2D eigenvalue weighted by Gasteiger charge is -2.38. The van der Waals surface area contributed by atoms with Crippen LogP contribution in [0.15, 0.2) is 24.3 Å². The highest BCUT2D eigenvalue weighted by molar-refractivity contribution is 5.32. The molecular formula is C15H22F2O2. The van der Waals surface area contributed by atoms with Gasteiger partial charge >= 0.3 is 0 Å². The molecule has 0 saturated carbocycles. The Hall–Kier alpha value is -1.16. The summed E-state index contributed by atoms with van der Waals surface area (Å²) in [5.74, 6) is -0.776. The van der Waals surface area contributed by atoms with Crippen molar-refractivity contribution in [1.82, 2.24) is 0 Å². The number of halogens is 2. The van der Waals surface area contributed by atoms with Crippen LogP contribution in [-0.4, -0.2) is 18.1 Å². The van der Waals surface area contributed by atoms with Gasteiger partial charge in [-0.2, -0.15) is 0 Å².